The van der Waals surface area contributed by atoms with E-state index in [1.165, 1.54) is 17.7 Å². The molecule has 0 aliphatic carbocycles. The largest absolute Gasteiger partial charge is 0.373 e. The third-order valence-electron chi connectivity index (χ3n) is 5.03. The van der Waals surface area contributed by atoms with Crippen molar-refractivity contribution in [1.82, 2.24) is 15.1 Å². The molecular weight excluding hydrogens is 262 g/mol. The van der Waals surface area contributed by atoms with E-state index in [4.69, 9.17) is 4.74 Å². The van der Waals surface area contributed by atoms with Crippen LogP contribution in [-0.2, 0) is 11.8 Å². The Labute approximate surface area is 129 Å². The molecule has 0 unspecified atom stereocenters. The number of hydrogen-bond donors (Lipinski definition) is 1. The summed E-state index contributed by atoms with van der Waals surface area (Å²) in [6.45, 7) is 14.1. The van der Waals surface area contributed by atoms with Crippen molar-refractivity contribution in [1.29, 1.82) is 0 Å². The zero-order valence-corrected chi connectivity index (χ0v) is 14.5. The first kappa shape index (κ1) is 16.5. The summed E-state index contributed by atoms with van der Waals surface area (Å²) < 4.78 is 8.01. The Morgan fingerprint density at radius 2 is 2.10 bits per heavy atom. The molecule has 1 saturated heterocycles. The van der Waals surface area contributed by atoms with Crippen molar-refractivity contribution in [3.05, 3.63) is 17.0 Å². The van der Waals surface area contributed by atoms with Crippen LogP contribution in [0.25, 0.3) is 0 Å². The van der Waals surface area contributed by atoms with Crippen molar-refractivity contribution in [3.8, 4) is 0 Å². The van der Waals surface area contributed by atoms with Gasteiger partial charge < -0.3 is 10.1 Å². The molecule has 2 atom stereocenters. The van der Waals surface area contributed by atoms with Gasteiger partial charge in [-0.2, -0.15) is 5.10 Å². The third-order valence-corrected chi connectivity index (χ3v) is 5.03. The van der Waals surface area contributed by atoms with E-state index < -0.39 is 0 Å². The summed E-state index contributed by atoms with van der Waals surface area (Å²) in [6.07, 6.45) is 2.54. The average molecular weight is 293 g/mol. The summed E-state index contributed by atoms with van der Waals surface area (Å²) in [5, 5.41) is 8.20. The van der Waals surface area contributed by atoms with E-state index in [1.807, 2.05) is 11.7 Å². The maximum Gasteiger partial charge on any atom is 0.0901 e. The van der Waals surface area contributed by atoms with Gasteiger partial charge >= 0.3 is 0 Å². The van der Waals surface area contributed by atoms with Crippen molar-refractivity contribution in [2.24, 2.45) is 18.4 Å². The monoisotopic (exact) mass is 293 g/mol. The highest BCUT2D eigenvalue weighted by Gasteiger charge is 2.33. The molecule has 0 spiro atoms. The van der Waals surface area contributed by atoms with Crippen LogP contribution in [0.3, 0.4) is 0 Å². The lowest BCUT2D eigenvalue weighted by atomic mass is 9.89. The summed E-state index contributed by atoms with van der Waals surface area (Å²) in [6, 6.07) is 0. The lowest BCUT2D eigenvalue weighted by Gasteiger charge is -2.25. The molecule has 0 radical (unpaired) electrons. The highest BCUT2D eigenvalue weighted by atomic mass is 16.5. The molecule has 1 aliphatic rings. The lowest BCUT2D eigenvalue weighted by Crippen LogP contribution is -2.33. The Hall–Kier alpha value is -0.870. The number of aromatic nitrogens is 2. The van der Waals surface area contributed by atoms with Gasteiger partial charge in [-0.3, -0.25) is 4.68 Å². The van der Waals surface area contributed by atoms with E-state index >= 15 is 0 Å². The molecule has 0 amide bonds. The zero-order chi connectivity index (χ0) is 15.6. The van der Waals surface area contributed by atoms with E-state index in [0.29, 0.717) is 11.3 Å². The molecule has 1 aliphatic heterocycles. The maximum absolute atomic E-state index is 6.04. The molecular formula is C17H31N3O. The van der Waals surface area contributed by atoms with Gasteiger partial charge in [-0.05, 0) is 32.1 Å². The van der Waals surface area contributed by atoms with Crippen LogP contribution in [0.15, 0.2) is 0 Å². The first-order valence-corrected chi connectivity index (χ1v) is 8.18. The smallest absolute Gasteiger partial charge is 0.0901 e. The second-order valence-corrected chi connectivity index (χ2v) is 7.20. The van der Waals surface area contributed by atoms with E-state index in [0.717, 1.165) is 31.8 Å². The number of nitrogens with one attached hydrogen (secondary N) is 1. The van der Waals surface area contributed by atoms with Crippen molar-refractivity contribution in [2.45, 2.75) is 53.6 Å². The highest BCUT2D eigenvalue weighted by molar-refractivity contribution is 5.28. The van der Waals surface area contributed by atoms with Gasteiger partial charge in [0.2, 0.25) is 0 Å². The molecule has 21 heavy (non-hydrogen) atoms. The number of aryl methyl sites for hydroxylation is 2. The van der Waals surface area contributed by atoms with Crippen molar-refractivity contribution in [2.75, 3.05) is 19.7 Å². The Morgan fingerprint density at radius 3 is 2.67 bits per heavy atom. The maximum atomic E-state index is 6.04. The SMILES string of the molecule is CCC(C)(C)CNC[C@@H]1CCO[C@H]1c1c(C)nn(C)c1C. The predicted octanol–water partition coefficient (Wildman–Crippen LogP) is 3.14. The standard InChI is InChI=1S/C17H31N3O/c1-7-17(4,5)11-18-10-14-8-9-21-16(14)15-12(2)19-20(6)13(15)3/h14,16,18H,7-11H2,1-6H3/t14-,16+/m0/s1. The minimum absolute atomic E-state index is 0.205. The summed E-state index contributed by atoms with van der Waals surface area (Å²) >= 11 is 0. The zero-order valence-electron chi connectivity index (χ0n) is 14.5. The first-order chi connectivity index (χ1) is 9.85. The Bertz CT molecular complexity index is 479. The molecule has 1 N–H and O–H groups in total. The molecule has 0 aromatic carbocycles. The fourth-order valence-electron chi connectivity index (χ4n) is 3.08. The second kappa shape index (κ2) is 6.49. The average Bonchev–Trinajstić information content (AvgIpc) is 2.95. The van der Waals surface area contributed by atoms with Gasteiger partial charge in [0, 0.05) is 43.9 Å². The summed E-state index contributed by atoms with van der Waals surface area (Å²) in [5.74, 6) is 0.555. The second-order valence-electron chi connectivity index (χ2n) is 7.20. The van der Waals surface area contributed by atoms with E-state index in [-0.39, 0.29) is 6.10 Å². The predicted molar refractivity (Wildman–Crippen MR) is 86.4 cm³/mol. The molecule has 1 aromatic heterocycles. The van der Waals surface area contributed by atoms with Gasteiger partial charge in [0.1, 0.15) is 0 Å². The molecule has 120 valence electrons. The molecule has 2 rings (SSSR count). The summed E-state index contributed by atoms with van der Waals surface area (Å²) in [5.41, 5.74) is 4.02. The van der Waals surface area contributed by atoms with Gasteiger partial charge in [-0.1, -0.05) is 20.8 Å². The minimum atomic E-state index is 0.205. The third kappa shape index (κ3) is 3.67. The molecule has 1 aromatic rings. The highest BCUT2D eigenvalue weighted by Crippen LogP contribution is 2.37. The molecule has 1 fully saturated rings. The lowest BCUT2D eigenvalue weighted by molar-refractivity contribution is 0.0887. The van der Waals surface area contributed by atoms with E-state index in [1.54, 1.807) is 0 Å². The van der Waals surface area contributed by atoms with Crippen LogP contribution in [0.5, 0.6) is 0 Å². The Balaban J connectivity index is 2.01. The van der Waals surface area contributed by atoms with Crippen LogP contribution < -0.4 is 5.32 Å². The molecule has 0 bridgehead atoms. The van der Waals surface area contributed by atoms with E-state index in [2.05, 4.69) is 45.0 Å². The Morgan fingerprint density at radius 1 is 1.38 bits per heavy atom. The normalized spacial score (nSPS) is 23.0. The van der Waals surface area contributed by atoms with Gasteiger partial charge in [0.05, 0.1) is 11.8 Å². The number of rotatable bonds is 6. The first-order valence-electron chi connectivity index (χ1n) is 8.18. The van der Waals surface area contributed by atoms with Gasteiger partial charge in [0.25, 0.3) is 0 Å². The van der Waals surface area contributed by atoms with E-state index in [9.17, 15) is 0 Å². The molecule has 2 heterocycles. The van der Waals surface area contributed by atoms with Crippen LogP contribution in [-0.4, -0.2) is 29.5 Å². The number of nitrogens with zero attached hydrogens (tertiary/aromatic N) is 2. The van der Waals surface area contributed by atoms with Crippen molar-refractivity contribution < 1.29 is 4.74 Å². The number of hydrogen-bond acceptors (Lipinski definition) is 3. The summed E-state index contributed by atoms with van der Waals surface area (Å²) in [7, 11) is 2.01. The van der Waals surface area contributed by atoms with Crippen LogP contribution in [0.1, 0.15) is 56.7 Å². The fourth-order valence-corrected chi connectivity index (χ4v) is 3.08. The Kier molecular flexibility index (Phi) is 5.10. The van der Waals surface area contributed by atoms with Crippen molar-refractivity contribution >= 4 is 0 Å². The topological polar surface area (TPSA) is 39.1 Å². The summed E-state index contributed by atoms with van der Waals surface area (Å²) in [4.78, 5) is 0. The van der Waals surface area contributed by atoms with Crippen LogP contribution in [0, 0.1) is 25.2 Å². The van der Waals surface area contributed by atoms with Crippen LogP contribution in [0.4, 0.5) is 0 Å². The number of ether oxygens (including phenoxy) is 1. The van der Waals surface area contributed by atoms with Crippen molar-refractivity contribution in [3.63, 3.8) is 0 Å². The molecule has 4 heteroatoms. The van der Waals surface area contributed by atoms with Crippen LogP contribution in [0.2, 0.25) is 0 Å². The minimum Gasteiger partial charge on any atom is -0.373 e. The quantitative estimate of drug-likeness (QED) is 0.876. The molecule has 4 nitrogen and oxygen atoms in total. The van der Waals surface area contributed by atoms with Crippen LogP contribution >= 0.6 is 0 Å². The molecule has 0 saturated carbocycles. The fraction of sp³-hybridized carbons (Fsp3) is 0.824. The van der Waals surface area contributed by atoms with Gasteiger partial charge in [-0.15, -0.1) is 0 Å². The van der Waals surface area contributed by atoms with Gasteiger partial charge in [-0.25, -0.2) is 0 Å². The van der Waals surface area contributed by atoms with Gasteiger partial charge in [0.15, 0.2) is 0 Å².